The minimum Gasteiger partial charge on any atom is -0.490 e. The van der Waals surface area contributed by atoms with Crippen molar-refractivity contribution in [1.82, 2.24) is 9.29 Å². The molecule has 2 aliphatic carbocycles. The number of hydrogen-bond donors (Lipinski definition) is 2. The molecule has 1 aliphatic heterocycles. The number of nitrogens with zero attached hydrogens (tertiary/aromatic N) is 3. The van der Waals surface area contributed by atoms with Gasteiger partial charge in [0.25, 0.3) is 0 Å². The molecule has 1 saturated carbocycles. The van der Waals surface area contributed by atoms with E-state index in [9.17, 15) is 10.2 Å². The number of aliphatic hydroxyl groups excluding tert-OH is 2. The molecule has 2 heterocycles. The lowest BCUT2D eigenvalue weighted by Gasteiger charge is -2.59. The number of aliphatic hydroxyl groups is 2. The highest BCUT2D eigenvalue weighted by Gasteiger charge is 2.65. The number of sulfonamides is 1. The van der Waals surface area contributed by atoms with Crippen molar-refractivity contribution in [2.24, 2.45) is 22.9 Å². The van der Waals surface area contributed by atoms with E-state index in [2.05, 4.69) is 24.2 Å². The minimum absolute atomic E-state index is 0.0331. The third-order valence-electron chi connectivity index (χ3n) is 11.1. The van der Waals surface area contributed by atoms with E-state index in [-0.39, 0.29) is 48.9 Å². The van der Waals surface area contributed by atoms with Gasteiger partial charge in [-0.3, -0.25) is 4.98 Å². The number of fused-ring (bicyclic) bond motifs is 3. The molecule has 1 aromatic heterocycles. The first-order chi connectivity index (χ1) is 26.9. The molecule has 3 aliphatic rings. The SMILES string of the molecule is C=CCOc1ccc2c(c1)[C@H]1[C@H](CCCCO)[C@@H](CCCCO)C=C3C(=NOC(C)(C)C)C[C@H](N(C)S(=O)(=O)c4cccc5cccnc45)[C@@](OCC=C)(O2)[C@H]31. The number of unbranched alkanes of at least 4 members (excludes halogenated alkanes) is 2. The Morgan fingerprint density at radius 1 is 1.02 bits per heavy atom. The van der Waals surface area contributed by atoms with Gasteiger partial charge in [-0.15, -0.1) is 6.58 Å². The van der Waals surface area contributed by atoms with Crippen molar-refractivity contribution in [2.45, 2.75) is 94.0 Å². The van der Waals surface area contributed by atoms with Crippen LogP contribution in [0.5, 0.6) is 11.5 Å². The molecule has 2 N–H and O–H groups in total. The van der Waals surface area contributed by atoms with Crippen LogP contribution in [0.25, 0.3) is 10.9 Å². The number of likely N-dealkylation sites (N-methyl/N-ethyl adjacent to an activating group) is 1. The molecule has 56 heavy (non-hydrogen) atoms. The van der Waals surface area contributed by atoms with E-state index >= 15 is 8.42 Å². The number of hydrogen-bond acceptors (Lipinski definition) is 10. The second-order valence-electron chi connectivity index (χ2n) is 15.9. The molecule has 3 aromatic rings. The highest BCUT2D eigenvalue weighted by atomic mass is 32.2. The molecular formula is C44H57N3O8S. The number of aromatic nitrogens is 1. The van der Waals surface area contributed by atoms with Crippen LogP contribution in [0, 0.1) is 17.8 Å². The summed E-state index contributed by atoms with van der Waals surface area (Å²) in [6, 6.07) is 13.6. The zero-order valence-electron chi connectivity index (χ0n) is 33.1. The first-order valence-corrected chi connectivity index (χ1v) is 21.2. The Bertz CT molecular complexity index is 2040. The Morgan fingerprint density at radius 3 is 2.46 bits per heavy atom. The van der Waals surface area contributed by atoms with Gasteiger partial charge in [0.15, 0.2) is 0 Å². The summed E-state index contributed by atoms with van der Waals surface area (Å²) in [4.78, 5) is 10.7. The lowest BCUT2D eigenvalue weighted by Crippen LogP contribution is -2.69. The summed E-state index contributed by atoms with van der Waals surface area (Å²) < 4.78 is 51.7. The fraction of sp³-hybridized carbons (Fsp3) is 0.500. The third kappa shape index (κ3) is 8.31. The van der Waals surface area contributed by atoms with E-state index in [0.29, 0.717) is 47.6 Å². The molecule has 6 rings (SSSR count). The zero-order valence-corrected chi connectivity index (χ0v) is 33.9. The summed E-state index contributed by atoms with van der Waals surface area (Å²) in [6.07, 6.45) is 11.9. The lowest BCUT2D eigenvalue weighted by molar-refractivity contribution is -0.250. The van der Waals surface area contributed by atoms with E-state index in [4.69, 9.17) is 24.2 Å². The Morgan fingerprint density at radius 2 is 1.75 bits per heavy atom. The number of para-hydroxylation sites is 1. The van der Waals surface area contributed by atoms with Crippen molar-refractivity contribution in [3.63, 3.8) is 0 Å². The third-order valence-corrected chi connectivity index (χ3v) is 13.0. The highest BCUT2D eigenvalue weighted by molar-refractivity contribution is 7.89. The van der Waals surface area contributed by atoms with Gasteiger partial charge in [-0.25, -0.2) is 8.42 Å². The van der Waals surface area contributed by atoms with Gasteiger partial charge in [0.2, 0.25) is 15.8 Å². The minimum atomic E-state index is -4.23. The standard InChI is InChI=1S/C44H57N3O8S/c1-7-25-52-32-20-21-37-35(28-32)40-33(18-10-12-24-49)31(15-9-11-23-48)27-34-36(46-55-43(3,4)5)29-39(44(54-37,41(34)40)53-26-8-2)47(6)56(50,51)38-19-13-16-30-17-14-22-45-42(30)38/h7-8,13-14,16-17,19-22,27-28,31,33,39-41,48-49H,1-2,9-12,15,18,23-26,29H2,3-6H3/t31-,33+,39-,40+,41+,44+/m0/s1. The van der Waals surface area contributed by atoms with Crippen LogP contribution in [0.3, 0.4) is 0 Å². The van der Waals surface area contributed by atoms with E-state index in [1.165, 1.54) is 4.31 Å². The molecule has 0 spiro atoms. The van der Waals surface area contributed by atoms with Gasteiger partial charge in [-0.2, -0.15) is 4.31 Å². The van der Waals surface area contributed by atoms with Crippen LogP contribution < -0.4 is 9.47 Å². The quantitative estimate of drug-likeness (QED) is 0.0760. The molecule has 1 fully saturated rings. The van der Waals surface area contributed by atoms with Crippen LogP contribution in [-0.4, -0.2) is 84.5 Å². The number of pyridine rings is 1. The van der Waals surface area contributed by atoms with Gasteiger partial charge >= 0.3 is 0 Å². The molecule has 302 valence electrons. The maximum Gasteiger partial charge on any atom is 0.245 e. The largest absolute Gasteiger partial charge is 0.490 e. The Balaban J connectivity index is 1.62. The fourth-order valence-corrected chi connectivity index (χ4v) is 10.3. The van der Waals surface area contributed by atoms with E-state index in [1.54, 1.807) is 43.6 Å². The second-order valence-corrected chi connectivity index (χ2v) is 17.9. The van der Waals surface area contributed by atoms with Crippen LogP contribution in [0.4, 0.5) is 0 Å². The predicted octanol–water partition coefficient (Wildman–Crippen LogP) is 7.55. The van der Waals surface area contributed by atoms with Gasteiger partial charge in [-0.05, 0) is 94.2 Å². The molecule has 0 bridgehead atoms. The normalized spacial score (nSPS) is 25.2. The van der Waals surface area contributed by atoms with E-state index in [1.807, 2.05) is 51.1 Å². The zero-order chi connectivity index (χ0) is 40.1. The van der Waals surface area contributed by atoms with Gasteiger partial charge in [-0.1, -0.05) is 61.0 Å². The molecule has 0 saturated heterocycles. The number of allylic oxidation sites excluding steroid dienone is 1. The maximum atomic E-state index is 15.0. The maximum absolute atomic E-state index is 15.0. The summed E-state index contributed by atoms with van der Waals surface area (Å²) >= 11 is 0. The van der Waals surface area contributed by atoms with Crippen molar-refractivity contribution in [2.75, 3.05) is 33.5 Å². The van der Waals surface area contributed by atoms with Crippen LogP contribution in [0.2, 0.25) is 0 Å². The van der Waals surface area contributed by atoms with Gasteiger partial charge < -0.3 is 29.3 Å². The monoisotopic (exact) mass is 787 g/mol. The average molecular weight is 788 g/mol. The highest BCUT2D eigenvalue weighted by Crippen LogP contribution is 2.62. The van der Waals surface area contributed by atoms with Crippen LogP contribution >= 0.6 is 0 Å². The van der Waals surface area contributed by atoms with Crippen LogP contribution in [-0.2, 0) is 19.6 Å². The molecule has 12 heteroatoms. The summed E-state index contributed by atoms with van der Waals surface area (Å²) in [6.45, 7) is 14.2. The summed E-state index contributed by atoms with van der Waals surface area (Å²) in [7, 11) is -2.65. The van der Waals surface area contributed by atoms with Gasteiger partial charge in [0.1, 0.15) is 28.6 Å². The molecule has 0 amide bonds. The Labute approximate surface area is 331 Å². The van der Waals surface area contributed by atoms with Crippen LogP contribution in [0.15, 0.2) is 102 Å². The lowest BCUT2D eigenvalue weighted by atomic mass is 9.55. The second kappa shape index (κ2) is 17.6. The number of benzene rings is 2. The molecule has 0 unspecified atom stereocenters. The van der Waals surface area contributed by atoms with Crippen molar-refractivity contribution >= 4 is 26.6 Å². The number of oxime groups is 1. The topological polar surface area (TPSA) is 140 Å². The fourth-order valence-electron chi connectivity index (χ4n) is 8.75. The smallest absolute Gasteiger partial charge is 0.245 e. The van der Waals surface area contributed by atoms with Crippen LogP contribution in [0.1, 0.15) is 77.2 Å². The molecular weight excluding hydrogens is 731 g/mol. The Kier molecular flexibility index (Phi) is 13.1. The molecule has 6 atom stereocenters. The van der Waals surface area contributed by atoms with E-state index < -0.39 is 33.4 Å². The Hall–Kier alpha value is -4.07. The molecule has 2 aromatic carbocycles. The molecule has 11 nitrogen and oxygen atoms in total. The van der Waals surface area contributed by atoms with E-state index in [0.717, 1.165) is 36.8 Å². The van der Waals surface area contributed by atoms with Crippen molar-refractivity contribution in [3.05, 3.63) is 97.3 Å². The molecule has 0 radical (unpaired) electrons. The predicted molar refractivity (Wildman–Crippen MR) is 218 cm³/mol. The van der Waals surface area contributed by atoms with Crippen molar-refractivity contribution in [1.29, 1.82) is 0 Å². The number of rotatable bonds is 18. The van der Waals surface area contributed by atoms with Gasteiger partial charge in [0.05, 0.1) is 29.8 Å². The first kappa shape index (κ1) is 41.6. The first-order valence-electron chi connectivity index (χ1n) is 19.7. The van der Waals surface area contributed by atoms with Crippen molar-refractivity contribution < 1.29 is 37.7 Å². The summed E-state index contributed by atoms with van der Waals surface area (Å²) in [5, 5.41) is 25.2. The summed E-state index contributed by atoms with van der Waals surface area (Å²) in [5.41, 5.74) is 2.20. The van der Waals surface area contributed by atoms with Crippen molar-refractivity contribution in [3.8, 4) is 11.5 Å². The van der Waals surface area contributed by atoms with Gasteiger partial charge in [0, 0.05) is 49.7 Å². The summed E-state index contributed by atoms with van der Waals surface area (Å²) in [5.74, 6) is -0.976. The average Bonchev–Trinajstić information content (AvgIpc) is 3.18. The number of ether oxygens (including phenoxy) is 3.